The Morgan fingerprint density at radius 1 is 1.04 bits per heavy atom. The molecule has 0 unspecified atom stereocenters. The van der Waals surface area contributed by atoms with E-state index < -0.39 is 0 Å². The summed E-state index contributed by atoms with van der Waals surface area (Å²) in [5.41, 5.74) is 3.97. The Balaban J connectivity index is 1.44. The Hall–Kier alpha value is -1.32. The number of halogens is 1. The Bertz CT molecular complexity index is 660. The van der Waals surface area contributed by atoms with Crippen LogP contribution in [0, 0.1) is 19.7 Å². The summed E-state index contributed by atoms with van der Waals surface area (Å²) in [6.45, 7) is 7.79. The zero-order chi connectivity index (χ0) is 16.9. The lowest BCUT2D eigenvalue weighted by molar-refractivity contribution is 0.235. The van der Waals surface area contributed by atoms with Crippen LogP contribution in [-0.2, 0) is 6.42 Å². The van der Waals surface area contributed by atoms with E-state index in [2.05, 4.69) is 36.9 Å². The van der Waals surface area contributed by atoms with Gasteiger partial charge in [0.15, 0.2) is 0 Å². The van der Waals surface area contributed by atoms with Crippen LogP contribution in [0.3, 0.4) is 0 Å². The summed E-state index contributed by atoms with van der Waals surface area (Å²) >= 11 is 2.05. The molecule has 128 valence electrons. The van der Waals surface area contributed by atoms with Crippen LogP contribution in [0.5, 0.6) is 0 Å². The van der Waals surface area contributed by atoms with Crippen LogP contribution in [0.15, 0.2) is 47.4 Å². The highest BCUT2D eigenvalue weighted by molar-refractivity contribution is 8.00. The van der Waals surface area contributed by atoms with Gasteiger partial charge < -0.3 is 4.90 Å². The molecule has 3 heteroatoms. The van der Waals surface area contributed by atoms with Crippen molar-refractivity contribution in [1.82, 2.24) is 4.90 Å². The Morgan fingerprint density at radius 2 is 1.75 bits per heavy atom. The predicted octanol–water partition coefficient (Wildman–Crippen LogP) is 5.24. The minimum atomic E-state index is -0.150. The van der Waals surface area contributed by atoms with Gasteiger partial charge in [-0.05, 0) is 75.5 Å². The average molecular weight is 344 g/mol. The molecule has 24 heavy (non-hydrogen) atoms. The monoisotopic (exact) mass is 343 g/mol. The molecule has 0 aliphatic carbocycles. The van der Waals surface area contributed by atoms with Gasteiger partial charge in [-0.3, -0.25) is 0 Å². The van der Waals surface area contributed by atoms with Crippen molar-refractivity contribution in [2.45, 2.75) is 43.3 Å². The van der Waals surface area contributed by atoms with Crippen molar-refractivity contribution >= 4 is 11.8 Å². The van der Waals surface area contributed by atoms with Gasteiger partial charge in [0.1, 0.15) is 5.82 Å². The lowest BCUT2D eigenvalue weighted by Gasteiger charge is -2.31. The second-order valence-electron chi connectivity index (χ2n) is 6.80. The molecule has 0 radical (unpaired) electrons. The van der Waals surface area contributed by atoms with E-state index in [1.807, 2.05) is 23.9 Å². The molecule has 1 nitrogen and oxygen atoms in total. The van der Waals surface area contributed by atoms with Crippen LogP contribution in [0.25, 0.3) is 0 Å². The molecule has 0 aromatic heterocycles. The zero-order valence-corrected chi connectivity index (χ0v) is 15.4. The Kier molecular flexibility index (Phi) is 5.96. The SMILES string of the molecule is Cc1ccc(SC2CCN(CCc3ccc(F)cc3)CC2)c(C)c1. The minimum absolute atomic E-state index is 0.150. The molecule has 0 N–H and O–H groups in total. The van der Waals surface area contributed by atoms with Crippen LogP contribution in [0.1, 0.15) is 29.5 Å². The highest BCUT2D eigenvalue weighted by atomic mass is 32.2. The third kappa shape index (κ3) is 4.84. The van der Waals surface area contributed by atoms with Gasteiger partial charge in [0.2, 0.25) is 0 Å². The van der Waals surface area contributed by atoms with Gasteiger partial charge in [0.25, 0.3) is 0 Å². The van der Waals surface area contributed by atoms with Gasteiger partial charge in [0.05, 0.1) is 0 Å². The number of hydrogen-bond acceptors (Lipinski definition) is 2. The number of piperidine rings is 1. The topological polar surface area (TPSA) is 3.24 Å². The van der Waals surface area contributed by atoms with Crippen LogP contribution in [0.2, 0.25) is 0 Å². The lowest BCUT2D eigenvalue weighted by Crippen LogP contribution is -2.36. The summed E-state index contributed by atoms with van der Waals surface area (Å²) in [6.07, 6.45) is 3.51. The van der Waals surface area contributed by atoms with Crippen molar-refractivity contribution in [3.8, 4) is 0 Å². The smallest absolute Gasteiger partial charge is 0.123 e. The first-order valence-corrected chi connectivity index (χ1v) is 9.69. The number of aryl methyl sites for hydroxylation is 2. The number of benzene rings is 2. The van der Waals surface area contributed by atoms with Crippen molar-refractivity contribution in [3.05, 3.63) is 65.0 Å². The van der Waals surface area contributed by atoms with E-state index in [0.717, 1.165) is 18.2 Å². The first kappa shape index (κ1) is 17.5. The number of nitrogens with zero attached hydrogens (tertiary/aromatic N) is 1. The Morgan fingerprint density at radius 3 is 2.42 bits per heavy atom. The molecular weight excluding hydrogens is 317 g/mol. The largest absolute Gasteiger partial charge is 0.303 e. The van der Waals surface area contributed by atoms with Gasteiger partial charge >= 0.3 is 0 Å². The second kappa shape index (κ2) is 8.17. The van der Waals surface area contributed by atoms with E-state index in [1.165, 1.54) is 47.5 Å². The zero-order valence-electron chi connectivity index (χ0n) is 14.6. The van der Waals surface area contributed by atoms with Crippen LogP contribution >= 0.6 is 11.8 Å². The first-order chi connectivity index (χ1) is 11.6. The van der Waals surface area contributed by atoms with E-state index in [4.69, 9.17) is 0 Å². The molecule has 2 aromatic rings. The minimum Gasteiger partial charge on any atom is -0.303 e. The Labute approximate surface area is 149 Å². The van der Waals surface area contributed by atoms with Crippen molar-refractivity contribution in [1.29, 1.82) is 0 Å². The van der Waals surface area contributed by atoms with Crippen molar-refractivity contribution in [3.63, 3.8) is 0 Å². The molecule has 1 saturated heterocycles. The average Bonchev–Trinajstić information content (AvgIpc) is 2.58. The standard InChI is InChI=1S/C21H26FNS/c1-16-3-8-21(17(2)15-16)24-20-10-13-23(14-11-20)12-9-18-4-6-19(22)7-5-18/h3-8,15,20H,9-14H2,1-2H3. The summed E-state index contributed by atoms with van der Waals surface area (Å²) < 4.78 is 12.9. The van der Waals surface area contributed by atoms with Crippen LogP contribution in [0.4, 0.5) is 4.39 Å². The van der Waals surface area contributed by atoms with E-state index in [1.54, 1.807) is 12.1 Å². The first-order valence-electron chi connectivity index (χ1n) is 8.81. The fourth-order valence-corrected chi connectivity index (χ4v) is 4.50. The number of rotatable bonds is 5. The maximum absolute atomic E-state index is 12.9. The summed E-state index contributed by atoms with van der Waals surface area (Å²) in [7, 11) is 0. The molecule has 0 spiro atoms. The maximum Gasteiger partial charge on any atom is 0.123 e. The molecule has 1 aliphatic heterocycles. The highest BCUT2D eigenvalue weighted by Gasteiger charge is 2.20. The normalized spacial score (nSPS) is 16.5. The van der Waals surface area contributed by atoms with E-state index in [9.17, 15) is 4.39 Å². The van der Waals surface area contributed by atoms with Gasteiger partial charge in [-0.15, -0.1) is 11.8 Å². The maximum atomic E-state index is 12.9. The molecule has 1 aliphatic rings. The van der Waals surface area contributed by atoms with Gasteiger partial charge in [-0.1, -0.05) is 29.8 Å². The summed E-state index contributed by atoms with van der Waals surface area (Å²) in [4.78, 5) is 3.98. The van der Waals surface area contributed by atoms with Crippen molar-refractivity contribution in [2.24, 2.45) is 0 Å². The van der Waals surface area contributed by atoms with Crippen LogP contribution in [-0.4, -0.2) is 29.8 Å². The molecule has 0 saturated carbocycles. The van der Waals surface area contributed by atoms with E-state index >= 15 is 0 Å². The third-order valence-electron chi connectivity index (χ3n) is 4.79. The summed E-state index contributed by atoms with van der Waals surface area (Å²) in [5, 5.41) is 0.730. The van der Waals surface area contributed by atoms with Gasteiger partial charge in [0, 0.05) is 16.7 Å². The fraction of sp³-hybridized carbons (Fsp3) is 0.429. The molecular formula is C21H26FNS. The summed E-state index contributed by atoms with van der Waals surface area (Å²) in [6, 6.07) is 13.7. The molecule has 1 heterocycles. The second-order valence-corrected chi connectivity index (χ2v) is 8.15. The van der Waals surface area contributed by atoms with E-state index in [0.29, 0.717) is 0 Å². The molecule has 0 bridgehead atoms. The van der Waals surface area contributed by atoms with Gasteiger partial charge in [-0.2, -0.15) is 0 Å². The van der Waals surface area contributed by atoms with Crippen LogP contribution < -0.4 is 0 Å². The molecule has 2 aromatic carbocycles. The fourth-order valence-electron chi connectivity index (χ4n) is 3.30. The molecule has 3 rings (SSSR count). The van der Waals surface area contributed by atoms with E-state index in [-0.39, 0.29) is 5.82 Å². The molecule has 1 fully saturated rings. The van der Waals surface area contributed by atoms with Gasteiger partial charge in [-0.25, -0.2) is 4.39 Å². The summed E-state index contributed by atoms with van der Waals surface area (Å²) in [5.74, 6) is -0.150. The van der Waals surface area contributed by atoms with Crippen molar-refractivity contribution < 1.29 is 4.39 Å². The molecule has 0 atom stereocenters. The molecule has 0 amide bonds. The predicted molar refractivity (Wildman–Crippen MR) is 101 cm³/mol. The lowest BCUT2D eigenvalue weighted by atomic mass is 10.1. The van der Waals surface area contributed by atoms with Crippen molar-refractivity contribution in [2.75, 3.05) is 19.6 Å². The third-order valence-corrected chi connectivity index (χ3v) is 6.31. The number of hydrogen-bond donors (Lipinski definition) is 0. The highest BCUT2D eigenvalue weighted by Crippen LogP contribution is 2.32. The number of thioether (sulfide) groups is 1. The quantitative estimate of drug-likeness (QED) is 0.730. The number of likely N-dealkylation sites (tertiary alicyclic amines) is 1.